The first-order valence-electron chi connectivity index (χ1n) is 16.1. The minimum Gasteiger partial charge on any atom is -0.475 e. The molecule has 4 bridgehead atoms. The molecule has 250 valence electrons. The van der Waals surface area contributed by atoms with Gasteiger partial charge in [0.25, 0.3) is 15.9 Å². The second-order valence-electron chi connectivity index (χ2n) is 13.8. The van der Waals surface area contributed by atoms with Gasteiger partial charge in [-0.2, -0.15) is 18.2 Å². The molecule has 2 N–H and O–H groups in total. The fourth-order valence-electron chi connectivity index (χ4n) is 7.77. The number of hydrogen-bond donors (Lipinski definition) is 2. The molecule has 0 radical (unpaired) electrons. The summed E-state index contributed by atoms with van der Waals surface area (Å²) in [6.45, 7) is 5.28. The number of aromatic nitrogens is 2. The van der Waals surface area contributed by atoms with Crippen molar-refractivity contribution in [2.24, 2.45) is 10.8 Å². The molecular weight excluding hydrogens is 631 g/mol. The highest BCUT2D eigenvalue weighted by molar-refractivity contribution is 7.92. The minimum absolute atomic E-state index is 0.000927. The predicted octanol–water partition coefficient (Wildman–Crippen LogP) is 6.03. The number of nitrogens with zero attached hydrogens (tertiary/aromatic N) is 3. The van der Waals surface area contributed by atoms with E-state index >= 15 is 0 Å². The van der Waals surface area contributed by atoms with Gasteiger partial charge in [0.05, 0.1) is 22.0 Å². The molecule has 1 aromatic heterocycles. The normalized spacial score (nSPS) is 23.4. The number of nitrogens with one attached hydrogen (secondary N) is 2. The third kappa shape index (κ3) is 5.96. The molecule has 3 fully saturated rings. The average Bonchev–Trinajstić information content (AvgIpc) is 3.80. The zero-order valence-corrected chi connectivity index (χ0v) is 27.2. The van der Waals surface area contributed by atoms with E-state index in [4.69, 9.17) is 4.74 Å². The van der Waals surface area contributed by atoms with E-state index in [-0.39, 0.29) is 59.6 Å². The lowest BCUT2D eigenvalue weighted by Gasteiger charge is -2.55. The van der Waals surface area contributed by atoms with Crippen LogP contribution in [0, 0.1) is 24.7 Å². The molecule has 2 saturated carbocycles. The number of amides is 1. The maximum absolute atomic E-state index is 14.5. The summed E-state index contributed by atoms with van der Waals surface area (Å²) >= 11 is 0. The summed E-state index contributed by atoms with van der Waals surface area (Å²) in [5.41, 5.74) is 1.15. The standard InChI is InChI=1S/C34H38F3N5O4S/c1-21-5-3-6-22(2)29(21)27-16-28-40-31(39-27)41-47(44,45)26-8-4-7-23(15-26)30(43)42(24-17-32(18-24)11-13-38-14-12-32)25(20-46-28)19-33(9-10-33)34(35,36)37/h3-8,15-16,24-25,38H,9-14,17-20H2,1-2H3,(H,39,40,41)/t25-/m1/s1. The Morgan fingerprint density at radius 1 is 0.979 bits per heavy atom. The van der Waals surface area contributed by atoms with Gasteiger partial charge in [-0.1, -0.05) is 24.3 Å². The van der Waals surface area contributed by atoms with Gasteiger partial charge in [-0.3, -0.25) is 4.79 Å². The summed E-state index contributed by atoms with van der Waals surface area (Å²) in [4.78, 5) is 24.7. The molecule has 13 heteroatoms. The number of aryl methyl sites for hydroxylation is 2. The lowest BCUT2D eigenvalue weighted by Crippen LogP contribution is -2.60. The first kappa shape index (κ1) is 31.9. The van der Waals surface area contributed by atoms with E-state index in [9.17, 15) is 26.4 Å². The van der Waals surface area contributed by atoms with Crippen molar-refractivity contribution in [3.05, 3.63) is 65.2 Å². The van der Waals surface area contributed by atoms with Gasteiger partial charge < -0.3 is 15.0 Å². The van der Waals surface area contributed by atoms with Crippen LogP contribution < -0.4 is 14.8 Å². The number of hydrogen-bond acceptors (Lipinski definition) is 7. The van der Waals surface area contributed by atoms with Gasteiger partial charge in [-0.15, -0.1) is 0 Å². The third-order valence-corrected chi connectivity index (χ3v) is 11.9. The molecule has 7 rings (SSSR count). The number of sulfonamides is 1. The van der Waals surface area contributed by atoms with Crippen molar-refractivity contribution in [3.63, 3.8) is 0 Å². The number of halogens is 3. The number of alkyl halides is 3. The quantitative estimate of drug-likeness (QED) is 0.349. The topological polar surface area (TPSA) is 114 Å². The molecule has 1 saturated heterocycles. The Kier molecular flexibility index (Phi) is 7.78. The van der Waals surface area contributed by atoms with Gasteiger partial charge in [-0.25, -0.2) is 18.1 Å². The Hall–Kier alpha value is -3.71. The number of ether oxygens (including phenoxy) is 1. The van der Waals surface area contributed by atoms with Crippen molar-refractivity contribution < 1.29 is 31.1 Å². The first-order valence-corrected chi connectivity index (χ1v) is 17.6. The summed E-state index contributed by atoms with van der Waals surface area (Å²) < 4.78 is 79.3. The van der Waals surface area contributed by atoms with E-state index in [1.54, 1.807) is 11.0 Å². The number of fused-ring (bicyclic) bond motifs is 4. The molecule has 9 nitrogen and oxygen atoms in total. The zero-order chi connectivity index (χ0) is 33.2. The monoisotopic (exact) mass is 669 g/mol. The third-order valence-electron chi connectivity index (χ3n) is 10.6. The summed E-state index contributed by atoms with van der Waals surface area (Å²) in [5, 5.41) is 3.37. The van der Waals surface area contributed by atoms with Gasteiger partial charge in [0.15, 0.2) is 0 Å². The van der Waals surface area contributed by atoms with E-state index in [1.165, 1.54) is 24.3 Å². The molecule has 1 atom stereocenters. The molecule has 1 amide bonds. The molecule has 3 heterocycles. The van der Waals surface area contributed by atoms with Gasteiger partial charge in [0.1, 0.15) is 6.61 Å². The Morgan fingerprint density at radius 3 is 2.32 bits per heavy atom. The van der Waals surface area contributed by atoms with Crippen molar-refractivity contribution in [1.82, 2.24) is 20.2 Å². The van der Waals surface area contributed by atoms with Gasteiger partial charge in [0, 0.05) is 23.2 Å². The van der Waals surface area contributed by atoms with Crippen LogP contribution in [0.3, 0.4) is 0 Å². The van der Waals surface area contributed by atoms with Gasteiger partial charge in [0.2, 0.25) is 11.8 Å². The lowest BCUT2D eigenvalue weighted by molar-refractivity contribution is -0.194. The molecule has 47 heavy (non-hydrogen) atoms. The molecule has 2 aliphatic heterocycles. The van der Waals surface area contributed by atoms with E-state index in [2.05, 4.69) is 20.0 Å². The van der Waals surface area contributed by atoms with E-state index in [0.29, 0.717) is 18.5 Å². The second kappa shape index (κ2) is 11.5. The van der Waals surface area contributed by atoms with Crippen molar-refractivity contribution in [2.75, 3.05) is 24.4 Å². The fraction of sp³-hybridized carbons (Fsp3) is 0.500. The number of anilines is 1. The number of carbonyl (C=O) groups is 1. The fourth-order valence-corrected chi connectivity index (χ4v) is 8.76. The number of carbonyl (C=O) groups excluding carboxylic acids is 1. The van der Waals surface area contributed by atoms with Crippen LogP contribution in [0.15, 0.2) is 53.4 Å². The van der Waals surface area contributed by atoms with Gasteiger partial charge >= 0.3 is 6.18 Å². The molecule has 0 unspecified atom stereocenters. The number of benzene rings is 2. The molecule has 1 spiro atoms. The van der Waals surface area contributed by atoms with Crippen LogP contribution in [0.25, 0.3) is 11.3 Å². The minimum atomic E-state index is -4.44. The van der Waals surface area contributed by atoms with Crippen LogP contribution >= 0.6 is 0 Å². The van der Waals surface area contributed by atoms with Crippen LogP contribution in [0.1, 0.15) is 66.4 Å². The summed E-state index contributed by atoms with van der Waals surface area (Å²) in [6, 6.07) is 11.7. The maximum Gasteiger partial charge on any atom is 0.394 e. The molecule has 4 aliphatic rings. The van der Waals surface area contributed by atoms with Crippen LogP contribution in [-0.4, -0.2) is 67.1 Å². The first-order chi connectivity index (χ1) is 22.3. The van der Waals surface area contributed by atoms with E-state index < -0.39 is 33.6 Å². The Balaban J connectivity index is 1.35. The molecule has 2 aromatic carbocycles. The second-order valence-corrected chi connectivity index (χ2v) is 15.5. The SMILES string of the molecule is Cc1cccc(C)c1-c1cc2nc(n1)NS(=O)(=O)c1cccc(c1)C(=O)N(C1CC3(CCNCC3)C1)[C@H](CC1(C(F)(F)F)CC1)CO2. The Labute approximate surface area is 272 Å². The summed E-state index contributed by atoms with van der Waals surface area (Å²) in [5.74, 6) is -0.750. The van der Waals surface area contributed by atoms with E-state index in [1.807, 2.05) is 32.0 Å². The van der Waals surface area contributed by atoms with Crippen LogP contribution in [0.5, 0.6) is 5.88 Å². The number of rotatable bonds is 4. The largest absolute Gasteiger partial charge is 0.475 e. The summed E-state index contributed by atoms with van der Waals surface area (Å²) in [7, 11) is -4.26. The average molecular weight is 670 g/mol. The molecule has 3 aromatic rings. The lowest BCUT2D eigenvalue weighted by atomic mass is 9.60. The highest BCUT2D eigenvalue weighted by Crippen LogP contribution is 2.61. The van der Waals surface area contributed by atoms with Crippen LogP contribution in [0.2, 0.25) is 0 Å². The zero-order valence-electron chi connectivity index (χ0n) is 26.4. The van der Waals surface area contributed by atoms with Crippen molar-refractivity contribution in [3.8, 4) is 17.1 Å². The molecular formula is C34H38F3N5O4S. The predicted molar refractivity (Wildman–Crippen MR) is 170 cm³/mol. The van der Waals surface area contributed by atoms with Crippen molar-refractivity contribution >= 4 is 21.9 Å². The van der Waals surface area contributed by atoms with Crippen LogP contribution in [0.4, 0.5) is 19.1 Å². The maximum atomic E-state index is 14.5. The van der Waals surface area contributed by atoms with E-state index in [0.717, 1.165) is 42.6 Å². The van der Waals surface area contributed by atoms with Crippen molar-refractivity contribution in [1.29, 1.82) is 0 Å². The highest BCUT2D eigenvalue weighted by Gasteiger charge is 2.64. The highest BCUT2D eigenvalue weighted by atomic mass is 32.2. The van der Waals surface area contributed by atoms with Gasteiger partial charge in [-0.05, 0) is 107 Å². The Morgan fingerprint density at radius 2 is 1.66 bits per heavy atom. The summed E-state index contributed by atoms with van der Waals surface area (Å²) in [6.07, 6.45) is -1.57. The smallest absolute Gasteiger partial charge is 0.394 e. The number of piperidine rings is 1. The molecule has 2 aliphatic carbocycles. The van der Waals surface area contributed by atoms with Crippen LogP contribution in [-0.2, 0) is 10.0 Å². The van der Waals surface area contributed by atoms with Crippen molar-refractivity contribution in [2.45, 2.75) is 81.9 Å². The Bertz CT molecular complexity index is 1790.